The molecule has 0 heterocycles. The van der Waals surface area contributed by atoms with Gasteiger partial charge in [-0.1, -0.05) is 29.7 Å². The van der Waals surface area contributed by atoms with Crippen LogP contribution in [0.2, 0.25) is 0 Å². The molecule has 0 aromatic heterocycles. The Kier molecular flexibility index (Phi) is 286. The molecule has 0 amide bonds. The molecule has 80 valence electrons. The van der Waals surface area contributed by atoms with Gasteiger partial charge in [0.1, 0.15) is 0 Å². The van der Waals surface area contributed by atoms with Crippen LogP contribution in [0.4, 0.5) is 0 Å². The summed E-state index contributed by atoms with van der Waals surface area (Å²) in [6, 6.07) is 0. The summed E-state index contributed by atoms with van der Waals surface area (Å²) in [5.41, 5.74) is 0. The third kappa shape index (κ3) is 362. The molecule has 0 bridgehead atoms. The van der Waals surface area contributed by atoms with Crippen molar-refractivity contribution in [1.82, 2.24) is 0 Å². The highest BCUT2D eigenvalue weighted by Crippen LogP contribution is 1.39. The van der Waals surface area contributed by atoms with Gasteiger partial charge < -0.3 is 9.98 Å². The van der Waals surface area contributed by atoms with E-state index in [4.69, 9.17) is 0 Å². The maximum Gasteiger partial charge on any atom is 0.0273 e. The normalized spacial score (nSPS) is 6.33. The van der Waals surface area contributed by atoms with Gasteiger partial charge >= 0.3 is 0 Å². The molecule has 0 fully saturated rings. The Morgan fingerprint density at radius 2 is 0.750 bits per heavy atom. The highest BCUT2D eigenvalue weighted by molar-refractivity contribution is 5.52. The van der Waals surface area contributed by atoms with E-state index < -0.39 is 0 Å². The van der Waals surface area contributed by atoms with E-state index in [0.717, 1.165) is 0 Å². The van der Waals surface area contributed by atoms with Crippen molar-refractivity contribution in [2.75, 3.05) is 14.1 Å². The summed E-state index contributed by atoms with van der Waals surface area (Å²) in [6.07, 6.45) is 3.50. The van der Waals surface area contributed by atoms with Gasteiger partial charge in [0.15, 0.2) is 0 Å². The smallest absolute Gasteiger partial charge is 0.0273 e. The van der Waals surface area contributed by atoms with Crippen LogP contribution >= 0.6 is 0 Å². The zero-order valence-electron chi connectivity index (χ0n) is 6.05. The second kappa shape index (κ2) is 80.9. The Hall–Kier alpha value is -0.660. The van der Waals surface area contributed by atoms with Crippen LogP contribution in [0.15, 0.2) is 9.98 Å². The molecule has 0 aliphatic carbocycles. The van der Waals surface area contributed by atoms with Gasteiger partial charge in [0.05, 0.1) is 0 Å². The van der Waals surface area contributed by atoms with E-state index in [1.54, 1.807) is 26.5 Å². The second-order valence-electron chi connectivity index (χ2n) is 1.03. The van der Waals surface area contributed by atoms with E-state index in [1.165, 1.54) is 0 Å². The maximum atomic E-state index is 3.61. The number of hydrogen-bond donors (Lipinski definition) is 0. The molecule has 0 aromatic carbocycles. The van der Waals surface area contributed by atoms with Gasteiger partial charge in [0.2, 0.25) is 0 Å². The van der Waals surface area contributed by atoms with Crippen molar-refractivity contribution in [1.29, 1.82) is 0 Å². The molecule has 12 heavy (non-hydrogen) atoms. The molecule has 0 aromatic rings. The van der Waals surface area contributed by atoms with Crippen LogP contribution in [0, 0.1) is 0 Å². The fraction of sp³-hybridized carbons (Fsp3) is 0.800. The monoisotopic (exact) mass is 178 g/mol. The SMILES string of the molecule is C.C.C.C.CC=NC.CC=NC. The van der Waals surface area contributed by atoms with Gasteiger partial charge in [0, 0.05) is 14.1 Å². The minimum Gasteiger partial charge on any atom is -0.301 e. The molecule has 0 atom stereocenters. The predicted molar refractivity (Wildman–Crippen MR) is 67.1 cm³/mol. The van der Waals surface area contributed by atoms with Crippen LogP contribution in [0.25, 0.3) is 0 Å². The molecule has 0 spiro atoms. The van der Waals surface area contributed by atoms with Crippen molar-refractivity contribution >= 4 is 12.4 Å². The molecule has 0 saturated carbocycles. The van der Waals surface area contributed by atoms with Crippen molar-refractivity contribution in [3.63, 3.8) is 0 Å². The molecule has 2 nitrogen and oxygen atoms in total. The van der Waals surface area contributed by atoms with Gasteiger partial charge in [-0.05, 0) is 26.3 Å². The van der Waals surface area contributed by atoms with Crippen LogP contribution in [0.3, 0.4) is 0 Å². The molecule has 0 aliphatic rings. The van der Waals surface area contributed by atoms with Crippen molar-refractivity contribution in [2.24, 2.45) is 9.98 Å². The highest BCUT2D eigenvalue weighted by Gasteiger charge is 1.33. The van der Waals surface area contributed by atoms with Crippen LogP contribution in [-0.4, -0.2) is 26.5 Å². The zero-order chi connectivity index (χ0) is 6.83. The van der Waals surface area contributed by atoms with E-state index in [-0.39, 0.29) is 29.7 Å². The Bertz CT molecular complexity index is 48.2. The van der Waals surface area contributed by atoms with Crippen molar-refractivity contribution < 1.29 is 0 Å². The van der Waals surface area contributed by atoms with Gasteiger partial charge in [0.25, 0.3) is 0 Å². The van der Waals surface area contributed by atoms with Crippen LogP contribution in [0.1, 0.15) is 43.6 Å². The number of aliphatic imine (C=N–C) groups is 2. The Balaban J connectivity index is -0.0000000112. The summed E-state index contributed by atoms with van der Waals surface area (Å²) in [5, 5.41) is 0. The fourth-order valence-corrected chi connectivity index (χ4v) is 0. The van der Waals surface area contributed by atoms with E-state index in [2.05, 4.69) is 9.98 Å². The quantitative estimate of drug-likeness (QED) is 0.502. The number of rotatable bonds is 0. The third-order valence-corrected chi connectivity index (χ3v) is 0.516. The Labute approximate surface area is 80.8 Å². The molecular formula is C10H30N2. The van der Waals surface area contributed by atoms with Gasteiger partial charge in [-0.15, -0.1) is 0 Å². The molecule has 0 aliphatic heterocycles. The molecule has 0 radical (unpaired) electrons. The summed E-state index contributed by atoms with van der Waals surface area (Å²) in [5.74, 6) is 0. The Morgan fingerprint density at radius 1 is 0.667 bits per heavy atom. The van der Waals surface area contributed by atoms with Crippen LogP contribution in [-0.2, 0) is 0 Å². The summed E-state index contributed by atoms with van der Waals surface area (Å²) in [4.78, 5) is 7.22. The fourth-order valence-electron chi connectivity index (χ4n) is 0. The van der Waals surface area contributed by atoms with E-state index in [9.17, 15) is 0 Å². The number of hydrogen-bond acceptors (Lipinski definition) is 2. The first-order valence-corrected chi connectivity index (χ1v) is 2.57. The molecule has 0 saturated heterocycles. The lowest BCUT2D eigenvalue weighted by atomic mass is 10.9. The minimum absolute atomic E-state index is 0. The van der Waals surface area contributed by atoms with E-state index >= 15 is 0 Å². The van der Waals surface area contributed by atoms with Gasteiger partial charge in [-0.3, -0.25) is 0 Å². The average molecular weight is 178 g/mol. The van der Waals surface area contributed by atoms with E-state index in [0.29, 0.717) is 0 Å². The average Bonchev–Trinajstić information content (AvgIpc) is 1.88. The molecule has 0 unspecified atom stereocenters. The largest absolute Gasteiger partial charge is 0.301 e. The topological polar surface area (TPSA) is 24.7 Å². The molecular weight excluding hydrogens is 148 g/mol. The summed E-state index contributed by atoms with van der Waals surface area (Å²) >= 11 is 0. The highest BCUT2D eigenvalue weighted by atomic mass is 14.6. The number of nitrogens with zero attached hydrogens (tertiary/aromatic N) is 2. The molecule has 2 heteroatoms. The summed E-state index contributed by atoms with van der Waals surface area (Å²) in [7, 11) is 3.50. The molecule has 0 rings (SSSR count). The van der Waals surface area contributed by atoms with Crippen LogP contribution in [0.5, 0.6) is 0 Å². The van der Waals surface area contributed by atoms with Crippen molar-refractivity contribution in [2.45, 2.75) is 43.6 Å². The predicted octanol–water partition coefficient (Wildman–Crippen LogP) is 3.96. The lowest BCUT2D eigenvalue weighted by molar-refractivity contribution is 1.46. The first kappa shape index (κ1) is 42.5. The standard InChI is InChI=1S/2C3H7N.4CH4/c2*1-3-4-2;;;;/h2*3H,1-2H3;4*1H4. The van der Waals surface area contributed by atoms with E-state index in [1.807, 2.05) is 13.8 Å². The first-order chi connectivity index (χ1) is 3.83. The first-order valence-electron chi connectivity index (χ1n) is 2.57. The Morgan fingerprint density at radius 3 is 0.750 bits per heavy atom. The van der Waals surface area contributed by atoms with Gasteiger partial charge in [-0.25, -0.2) is 0 Å². The lowest BCUT2D eigenvalue weighted by Crippen LogP contribution is -1.47. The second-order valence-corrected chi connectivity index (χ2v) is 1.03. The summed E-state index contributed by atoms with van der Waals surface area (Å²) < 4.78 is 0. The van der Waals surface area contributed by atoms with Crippen molar-refractivity contribution in [3.8, 4) is 0 Å². The molecule has 0 N–H and O–H groups in total. The maximum absolute atomic E-state index is 3.61. The van der Waals surface area contributed by atoms with Gasteiger partial charge in [-0.2, -0.15) is 0 Å². The summed E-state index contributed by atoms with van der Waals surface area (Å²) in [6.45, 7) is 3.78. The zero-order valence-corrected chi connectivity index (χ0v) is 6.05. The van der Waals surface area contributed by atoms with Crippen LogP contribution < -0.4 is 0 Å². The lowest BCUT2D eigenvalue weighted by Gasteiger charge is -1.53. The third-order valence-electron chi connectivity index (χ3n) is 0.516. The van der Waals surface area contributed by atoms with Crippen molar-refractivity contribution in [3.05, 3.63) is 0 Å². The minimum atomic E-state index is 0.